The summed E-state index contributed by atoms with van der Waals surface area (Å²) in [6.45, 7) is 15.1. The Morgan fingerprint density at radius 1 is 1.29 bits per heavy atom. The zero-order valence-electron chi connectivity index (χ0n) is 17.1. The normalized spacial score (nSPS) is 15.9. The fourth-order valence-corrected chi connectivity index (χ4v) is 3.60. The molecule has 1 saturated heterocycles. The highest BCUT2D eigenvalue weighted by Crippen LogP contribution is 2.22. The Morgan fingerprint density at radius 3 is 2.50 bits per heavy atom. The fraction of sp³-hybridized carbons (Fsp3) is 0.435. The van der Waals surface area contributed by atoms with Crippen LogP contribution < -0.4 is 5.32 Å². The lowest BCUT2D eigenvalue weighted by molar-refractivity contribution is -0.118. The summed E-state index contributed by atoms with van der Waals surface area (Å²) < 4.78 is 13.0. The summed E-state index contributed by atoms with van der Waals surface area (Å²) in [5.74, 6) is -0.238. The first-order chi connectivity index (χ1) is 13.4. The molecule has 4 nitrogen and oxygen atoms in total. The van der Waals surface area contributed by atoms with E-state index in [1.54, 1.807) is 0 Å². The molecule has 28 heavy (non-hydrogen) atoms. The Labute approximate surface area is 168 Å². The Kier molecular flexibility index (Phi) is 8.45. The molecule has 1 aromatic carbocycles. The van der Waals surface area contributed by atoms with Gasteiger partial charge in [0.25, 0.3) is 0 Å². The van der Waals surface area contributed by atoms with Gasteiger partial charge in [-0.3, -0.25) is 4.79 Å². The van der Waals surface area contributed by atoms with Crippen LogP contribution in [-0.2, 0) is 11.2 Å². The average molecular weight is 386 g/mol. The summed E-state index contributed by atoms with van der Waals surface area (Å²) in [7, 11) is 0. The van der Waals surface area contributed by atoms with E-state index in [9.17, 15) is 9.18 Å². The molecule has 0 unspecified atom stereocenters. The van der Waals surface area contributed by atoms with Crippen molar-refractivity contribution in [2.24, 2.45) is 0 Å². The second-order valence-corrected chi connectivity index (χ2v) is 7.39. The molecule has 152 valence electrons. The second kappa shape index (κ2) is 10.8. The molecule has 0 saturated carbocycles. The van der Waals surface area contributed by atoms with Crippen LogP contribution in [0.4, 0.5) is 4.39 Å². The molecule has 2 rings (SSSR count). The highest BCUT2D eigenvalue weighted by Gasteiger charge is 2.23. The summed E-state index contributed by atoms with van der Waals surface area (Å²) in [6, 6.07) is 7.20. The van der Waals surface area contributed by atoms with Crippen LogP contribution >= 0.6 is 0 Å². The number of carbonyl (C=O) groups excluding carboxylic acids is 1. The number of nitrogens with one attached hydrogen (secondary N) is 1. The van der Waals surface area contributed by atoms with E-state index in [1.165, 1.54) is 24.6 Å². The maximum Gasteiger partial charge on any atom is 0.217 e. The number of nitrogens with zero attached hydrogens (tertiary/aromatic N) is 2. The van der Waals surface area contributed by atoms with Crippen LogP contribution in [0.15, 0.2) is 61.0 Å². The number of halogens is 1. The van der Waals surface area contributed by atoms with Crippen LogP contribution in [0.3, 0.4) is 0 Å². The molecule has 1 aliphatic heterocycles. The molecular weight excluding hydrogens is 353 g/mol. The van der Waals surface area contributed by atoms with E-state index in [0.717, 1.165) is 50.2 Å². The van der Waals surface area contributed by atoms with Gasteiger partial charge in [-0.15, -0.1) is 0 Å². The number of amides is 1. The summed E-state index contributed by atoms with van der Waals surface area (Å²) in [4.78, 5) is 15.7. The van der Waals surface area contributed by atoms with Crippen LogP contribution in [0.5, 0.6) is 0 Å². The Hall–Kier alpha value is -2.40. The molecule has 0 atom stereocenters. The fourth-order valence-electron chi connectivity index (χ4n) is 3.60. The van der Waals surface area contributed by atoms with Crippen molar-refractivity contribution in [2.75, 3.05) is 26.2 Å². The van der Waals surface area contributed by atoms with Gasteiger partial charge in [0.1, 0.15) is 5.82 Å². The van der Waals surface area contributed by atoms with Gasteiger partial charge in [0.15, 0.2) is 0 Å². The summed E-state index contributed by atoms with van der Waals surface area (Å²) in [5, 5.41) is 2.77. The number of hydrogen-bond donors (Lipinski definition) is 1. The van der Waals surface area contributed by atoms with E-state index < -0.39 is 0 Å². The number of rotatable bonds is 9. The van der Waals surface area contributed by atoms with Gasteiger partial charge in [-0.25, -0.2) is 4.39 Å². The predicted octanol–water partition coefficient (Wildman–Crippen LogP) is 3.87. The Bertz CT molecular complexity index is 703. The van der Waals surface area contributed by atoms with Gasteiger partial charge in [-0.1, -0.05) is 25.3 Å². The van der Waals surface area contributed by atoms with E-state index in [0.29, 0.717) is 12.6 Å². The Morgan fingerprint density at radius 2 is 1.93 bits per heavy atom. The zero-order valence-corrected chi connectivity index (χ0v) is 17.1. The van der Waals surface area contributed by atoms with Gasteiger partial charge in [0.05, 0.1) is 0 Å². The van der Waals surface area contributed by atoms with Crippen molar-refractivity contribution < 1.29 is 9.18 Å². The number of carbonyl (C=O) groups is 1. The molecule has 1 fully saturated rings. The number of piperidine rings is 1. The first-order valence-corrected chi connectivity index (χ1v) is 9.87. The molecule has 0 bridgehead atoms. The van der Waals surface area contributed by atoms with Gasteiger partial charge in [-0.2, -0.15) is 0 Å². The molecule has 0 aliphatic carbocycles. The van der Waals surface area contributed by atoms with Crippen LogP contribution in [-0.4, -0.2) is 47.9 Å². The second-order valence-electron chi connectivity index (χ2n) is 7.39. The van der Waals surface area contributed by atoms with E-state index in [4.69, 9.17) is 0 Å². The average Bonchev–Trinajstić information content (AvgIpc) is 2.67. The molecule has 5 heteroatoms. The molecule has 1 N–H and O–H groups in total. The lowest BCUT2D eigenvalue weighted by atomic mass is 10.0. The first-order valence-electron chi connectivity index (χ1n) is 9.87. The smallest absolute Gasteiger partial charge is 0.217 e. The minimum atomic E-state index is -0.183. The van der Waals surface area contributed by atoms with Gasteiger partial charge in [0, 0.05) is 44.8 Å². The standard InChI is InChI=1S/C23H32FN3O/c1-5-27(19(3)16-18(2)17-25-20(4)28)23-11-14-26(15-12-23)13-10-21-6-8-22(24)9-7-21/h5-9,16,23H,1-2,10-15,17H2,3-4H3,(H,25,28)/b19-16+. The minimum Gasteiger partial charge on any atom is -0.352 e. The molecule has 1 aromatic rings. The number of likely N-dealkylation sites (tertiary alicyclic amines) is 1. The largest absolute Gasteiger partial charge is 0.352 e. The SMILES string of the molecule is C=CN(/C(C)=C/C(=C)CNC(C)=O)C1CCN(CCc2ccc(F)cc2)CC1. The third-order valence-corrected chi connectivity index (χ3v) is 5.16. The third kappa shape index (κ3) is 6.97. The van der Waals surface area contributed by atoms with Gasteiger partial charge >= 0.3 is 0 Å². The molecule has 0 spiro atoms. The highest BCUT2D eigenvalue weighted by atomic mass is 19.1. The molecule has 0 radical (unpaired) electrons. The summed E-state index contributed by atoms with van der Waals surface area (Å²) >= 11 is 0. The maximum atomic E-state index is 13.0. The van der Waals surface area contributed by atoms with Gasteiger partial charge < -0.3 is 15.1 Å². The topological polar surface area (TPSA) is 35.6 Å². The van der Waals surface area contributed by atoms with Crippen LogP contribution in [0.25, 0.3) is 0 Å². The van der Waals surface area contributed by atoms with Gasteiger partial charge in [0.2, 0.25) is 5.91 Å². The number of hydrogen-bond acceptors (Lipinski definition) is 3. The molecule has 1 amide bonds. The third-order valence-electron chi connectivity index (χ3n) is 5.16. The maximum absolute atomic E-state index is 13.0. The molecular formula is C23H32FN3O. The lowest BCUT2D eigenvalue weighted by Crippen LogP contribution is -2.42. The van der Waals surface area contributed by atoms with Crippen molar-refractivity contribution in [1.82, 2.24) is 15.1 Å². The summed E-state index contributed by atoms with van der Waals surface area (Å²) in [5.41, 5.74) is 3.14. The zero-order chi connectivity index (χ0) is 20.5. The van der Waals surface area contributed by atoms with Gasteiger partial charge in [-0.05, 0) is 61.7 Å². The van der Waals surface area contributed by atoms with Crippen molar-refractivity contribution in [1.29, 1.82) is 0 Å². The molecule has 1 aliphatic rings. The van der Waals surface area contributed by atoms with E-state index in [2.05, 4.69) is 35.2 Å². The van der Waals surface area contributed by atoms with Crippen molar-refractivity contribution in [2.45, 2.75) is 39.2 Å². The monoisotopic (exact) mass is 385 g/mol. The Balaban J connectivity index is 1.82. The highest BCUT2D eigenvalue weighted by molar-refractivity contribution is 5.73. The van der Waals surface area contributed by atoms with Crippen molar-refractivity contribution in [3.05, 3.63) is 72.4 Å². The lowest BCUT2D eigenvalue weighted by Gasteiger charge is -2.38. The predicted molar refractivity (Wildman–Crippen MR) is 113 cm³/mol. The minimum absolute atomic E-state index is 0.0548. The number of benzene rings is 1. The van der Waals surface area contributed by atoms with Crippen molar-refractivity contribution in [3.63, 3.8) is 0 Å². The van der Waals surface area contributed by atoms with Crippen molar-refractivity contribution in [3.8, 4) is 0 Å². The van der Waals surface area contributed by atoms with Crippen molar-refractivity contribution >= 4 is 5.91 Å². The van der Waals surface area contributed by atoms with Crippen LogP contribution in [0.1, 0.15) is 32.3 Å². The van der Waals surface area contributed by atoms with Crippen LogP contribution in [0.2, 0.25) is 0 Å². The summed E-state index contributed by atoms with van der Waals surface area (Å²) in [6.07, 6.45) is 6.98. The quantitative estimate of drug-likeness (QED) is 0.656. The molecule has 0 aromatic heterocycles. The first kappa shape index (κ1) is 21.9. The molecule has 1 heterocycles. The van der Waals surface area contributed by atoms with E-state index >= 15 is 0 Å². The van der Waals surface area contributed by atoms with E-state index in [-0.39, 0.29) is 11.7 Å². The van der Waals surface area contributed by atoms with Crippen LogP contribution in [0, 0.1) is 5.82 Å². The number of allylic oxidation sites excluding steroid dienone is 1. The van der Waals surface area contributed by atoms with E-state index in [1.807, 2.05) is 24.4 Å².